The van der Waals surface area contributed by atoms with Gasteiger partial charge in [-0.1, -0.05) is 0 Å². The second-order valence-electron chi connectivity index (χ2n) is 6.94. The Morgan fingerprint density at radius 2 is 2.12 bits per heavy atom. The second kappa shape index (κ2) is 9.68. The lowest BCUT2D eigenvalue weighted by Gasteiger charge is -2.33. The van der Waals surface area contributed by atoms with Gasteiger partial charge in [0.1, 0.15) is 0 Å². The summed E-state index contributed by atoms with van der Waals surface area (Å²) in [6.07, 6.45) is 5.66. The van der Waals surface area contributed by atoms with Crippen molar-refractivity contribution in [3.63, 3.8) is 0 Å². The maximum absolute atomic E-state index is 12.4. The van der Waals surface area contributed by atoms with Gasteiger partial charge in [-0.3, -0.25) is 19.2 Å². The van der Waals surface area contributed by atoms with Crippen LogP contribution in [-0.4, -0.2) is 83.9 Å². The zero-order chi connectivity index (χ0) is 18.2. The van der Waals surface area contributed by atoms with Gasteiger partial charge in [-0.2, -0.15) is 5.10 Å². The third kappa shape index (κ3) is 5.54. The Hall–Kier alpha value is -1.93. The Bertz CT molecular complexity index is 571. The van der Waals surface area contributed by atoms with Crippen molar-refractivity contribution in [2.45, 2.75) is 25.8 Å². The highest BCUT2D eigenvalue weighted by Gasteiger charge is 2.29. The normalized spacial score (nSPS) is 21.8. The molecule has 1 atom stereocenters. The molecule has 3 rings (SSSR count). The quantitative estimate of drug-likeness (QED) is 0.701. The van der Waals surface area contributed by atoms with E-state index in [0.29, 0.717) is 32.5 Å². The van der Waals surface area contributed by atoms with Crippen LogP contribution in [0.5, 0.6) is 0 Å². The smallest absolute Gasteiger partial charge is 0.224 e. The lowest BCUT2D eigenvalue weighted by Crippen LogP contribution is -2.47. The van der Waals surface area contributed by atoms with Gasteiger partial charge in [-0.15, -0.1) is 0 Å². The van der Waals surface area contributed by atoms with Crippen molar-refractivity contribution >= 4 is 11.8 Å². The summed E-state index contributed by atoms with van der Waals surface area (Å²) in [5.41, 5.74) is 0. The van der Waals surface area contributed by atoms with Crippen LogP contribution < -0.4 is 5.32 Å². The number of hydrogen-bond acceptors (Lipinski definition) is 5. The summed E-state index contributed by atoms with van der Waals surface area (Å²) in [7, 11) is 0. The van der Waals surface area contributed by atoms with Gasteiger partial charge in [-0.25, -0.2) is 0 Å². The molecule has 2 amide bonds. The number of piperidine rings is 1. The van der Waals surface area contributed by atoms with E-state index in [1.165, 1.54) is 0 Å². The SMILES string of the molecule is O=C(NCCn1cccn1)[C@H]1CCC(=O)N(CCCN2CCOCC2)C1. The number of rotatable bonds is 8. The minimum absolute atomic E-state index is 0.0443. The number of ether oxygens (including phenoxy) is 1. The summed E-state index contributed by atoms with van der Waals surface area (Å²) in [6, 6.07) is 1.86. The first-order valence-electron chi connectivity index (χ1n) is 9.55. The predicted molar refractivity (Wildman–Crippen MR) is 96.4 cm³/mol. The van der Waals surface area contributed by atoms with Crippen LogP contribution >= 0.6 is 0 Å². The van der Waals surface area contributed by atoms with Crippen molar-refractivity contribution in [2.75, 3.05) is 52.5 Å². The lowest BCUT2D eigenvalue weighted by molar-refractivity contribution is -0.138. The molecule has 0 aliphatic carbocycles. The van der Waals surface area contributed by atoms with Gasteiger partial charge in [0.05, 0.1) is 25.7 Å². The molecular weight excluding hydrogens is 334 g/mol. The highest BCUT2D eigenvalue weighted by Crippen LogP contribution is 2.18. The average Bonchev–Trinajstić information content (AvgIpc) is 3.17. The standard InChI is InChI=1S/C18H29N5O3/c24-17-4-3-16(18(25)19-6-10-23-9-1-5-20-23)15-22(17)8-2-7-21-11-13-26-14-12-21/h1,5,9,16H,2-4,6-8,10-15H2,(H,19,25)/t16-/m0/s1. The maximum atomic E-state index is 12.4. The first kappa shape index (κ1) is 18.8. The van der Waals surface area contributed by atoms with Crippen LogP contribution in [0, 0.1) is 5.92 Å². The Balaban J connectivity index is 1.37. The topological polar surface area (TPSA) is 79.7 Å². The van der Waals surface area contributed by atoms with E-state index >= 15 is 0 Å². The highest BCUT2D eigenvalue weighted by molar-refractivity contribution is 5.83. The minimum atomic E-state index is -0.103. The first-order valence-corrected chi connectivity index (χ1v) is 9.55. The van der Waals surface area contributed by atoms with Gasteiger partial charge in [0.25, 0.3) is 0 Å². The number of nitrogens with zero attached hydrogens (tertiary/aromatic N) is 4. The van der Waals surface area contributed by atoms with Gasteiger partial charge in [0.2, 0.25) is 11.8 Å². The van der Waals surface area contributed by atoms with Crippen LogP contribution in [0.2, 0.25) is 0 Å². The van der Waals surface area contributed by atoms with Crippen LogP contribution in [0.25, 0.3) is 0 Å². The molecule has 0 saturated carbocycles. The van der Waals surface area contributed by atoms with Crippen LogP contribution in [-0.2, 0) is 20.9 Å². The molecule has 1 aromatic rings. The Morgan fingerprint density at radius 3 is 2.88 bits per heavy atom. The predicted octanol–water partition coefficient (Wildman–Crippen LogP) is -0.0398. The zero-order valence-corrected chi connectivity index (χ0v) is 15.3. The van der Waals surface area contributed by atoms with Crippen molar-refractivity contribution < 1.29 is 14.3 Å². The number of nitrogens with one attached hydrogen (secondary N) is 1. The number of carbonyl (C=O) groups is 2. The van der Waals surface area contributed by atoms with Crippen molar-refractivity contribution in [3.05, 3.63) is 18.5 Å². The minimum Gasteiger partial charge on any atom is -0.379 e. The molecule has 1 N–H and O–H groups in total. The first-order chi connectivity index (χ1) is 12.7. The molecular formula is C18H29N5O3. The Labute approximate surface area is 154 Å². The van der Waals surface area contributed by atoms with Gasteiger partial charge < -0.3 is 15.0 Å². The van der Waals surface area contributed by atoms with Crippen molar-refractivity contribution in [2.24, 2.45) is 5.92 Å². The van der Waals surface area contributed by atoms with E-state index in [0.717, 1.165) is 45.8 Å². The maximum Gasteiger partial charge on any atom is 0.224 e. The fraction of sp³-hybridized carbons (Fsp3) is 0.722. The van der Waals surface area contributed by atoms with Crippen LogP contribution in [0.3, 0.4) is 0 Å². The van der Waals surface area contributed by atoms with E-state index < -0.39 is 0 Å². The van der Waals surface area contributed by atoms with E-state index in [4.69, 9.17) is 4.74 Å². The fourth-order valence-corrected chi connectivity index (χ4v) is 3.53. The molecule has 0 bridgehead atoms. The summed E-state index contributed by atoms with van der Waals surface area (Å²) >= 11 is 0. The molecule has 0 unspecified atom stereocenters. The summed E-state index contributed by atoms with van der Waals surface area (Å²) in [5, 5.41) is 7.09. The average molecular weight is 363 g/mol. The van der Waals surface area contributed by atoms with E-state index in [-0.39, 0.29) is 17.7 Å². The van der Waals surface area contributed by atoms with Gasteiger partial charge in [-0.05, 0) is 18.9 Å². The van der Waals surface area contributed by atoms with Crippen molar-refractivity contribution in [1.29, 1.82) is 0 Å². The zero-order valence-electron chi connectivity index (χ0n) is 15.3. The molecule has 0 aromatic carbocycles. The third-order valence-corrected chi connectivity index (χ3v) is 5.08. The molecule has 3 heterocycles. The van der Waals surface area contributed by atoms with E-state index in [1.807, 2.05) is 17.2 Å². The number of likely N-dealkylation sites (tertiary alicyclic amines) is 1. The second-order valence-corrected chi connectivity index (χ2v) is 6.94. The van der Waals surface area contributed by atoms with E-state index in [9.17, 15) is 9.59 Å². The Morgan fingerprint density at radius 1 is 1.27 bits per heavy atom. The summed E-state index contributed by atoms with van der Waals surface area (Å²) in [6.45, 7) is 6.99. The number of aromatic nitrogens is 2. The Kier molecular flexibility index (Phi) is 7.02. The molecule has 2 saturated heterocycles. The van der Waals surface area contributed by atoms with Crippen molar-refractivity contribution in [1.82, 2.24) is 24.9 Å². The third-order valence-electron chi connectivity index (χ3n) is 5.08. The molecule has 1 aromatic heterocycles. The van der Waals surface area contributed by atoms with E-state index in [1.54, 1.807) is 10.9 Å². The van der Waals surface area contributed by atoms with Crippen molar-refractivity contribution in [3.8, 4) is 0 Å². The summed E-state index contributed by atoms with van der Waals surface area (Å²) in [5.74, 6) is 0.115. The monoisotopic (exact) mass is 363 g/mol. The highest BCUT2D eigenvalue weighted by atomic mass is 16.5. The lowest BCUT2D eigenvalue weighted by atomic mass is 9.96. The molecule has 144 valence electrons. The molecule has 0 spiro atoms. The number of amides is 2. The molecule has 2 fully saturated rings. The molecule has 2 aliphatic heterocycles. The number of carbonyl (C=O) groups excluding carboxylic acids is 2. The van der Waals surface area contributed by atoms with Gasteiger partial charge in [0, 0.05) is 58.1 Å². The van der Waals surface area contributed by atoms with Crippen LogP contribution in [0.4, 0.5) is 0 Å². The van der Waals surface area contributed by atoms with Gasteiger partial charge in [0.15, 0.2) is 0 Å². The largest absolute Gasteiger partial charge is 0.379 e. The summed E-state index contributed by atoms with van der Waals surface area (Å²) in [4.78, 5) is 28.8. The number of hydrogen-bond donors (Lipinski definition) is 1. The molecule has 2 aliphatic rings. The molecule has 8 heteroatoms. The molecule has 8 nitrogen and oxygen atoms in total. The summed E-state index contributed by atoms with van der Waals surface area (Å²) < 4.78 is 7.15. The van der Waals surface area contributed by atoms with Crippen LogP contribution in [0.15, 0.2) is 18.5 Å². The van der Waals surface area contributed by atoms with E-state index in [2.05, 4.69) is 15.3 Å². The fourth-order valence-electron chi connectivity index (χ4n) is 3.53. The molecule has 26 heavy (non-hydrogen) atoms. The van der Waals surface area contributed by atoms with Gasteiger partial charge >= 0.3 is 0 Å². The molecule has 0 radical (unpaired) electrons. The number of morpholine rings is 1. The van der Waals surface area contributed by atoms with Crippen LogP contribution in [0.1, 0.15) is 19.3 Å².